The average Bonchev–Trinajstić information content (AvgIpc) is 2.67. The molecular weight excluding hydrogens is 164 g/mol. The zero-order valence-corrected chi connectivity index (χ0v) is 7.79. The summed E-state index contributed by atoms with van der Waals surface area (Å²) >= 11 is 0. The van der Waals surface area contributed by atoms with Crippen LogP contribution in [0.4, 0.5) is 0 Å². The number of aromatic amines is 1. The molecule has 0 spiro atoms. The predicted octanol–water partition coefficient (Wildman–Crippen LogP) is 1.95. The second kappa shape index (κ2) is 3.92. The second-order valence-corrected chi connectivity index (χ2v) is 3.80. The van der Waals surface area contributed by atoms with Gasteiger partial charge in [-0.3, -0.25) is 5.10 Å². The Labute approximate surface area is 78.2 Å². The molecule has 1 aliphatic carbocycles. The fourth-order valence-electron chi connectivity index (χ4n) is 2.21. The molecule has 1 aromatic heterocycles. The monoisotopic (exact) mass is 180 g/mol. The third-order valence-corrected chi connectivity index (χ3v) is 2.95. The van der Waals surface area contributed by atoms with E-state index in [1.807, 2.05) is 6.20 Å². The highest BCUT2D eigenvalue weighted by Crippen LogP contribution is 2.33. The zero-order valence-electron chi connectivity index (χ0n) is 7.79. The fraction of sp³-hybridized carbons (Fsp3) is 0.700. The third-order valence-electron chi connectivity index (χ3n) is 2.95. The molecule has 3 nitrogen and oxygen atoms in total. The minimum atomic E-state index is 0.0891. The van der Waals surface area contributed by atoms with Crippen LogP contribution in [0.5, 0.6) is 0 Å². The maximum Gasteiger partial charge on any atom is 0.0850 e. The van der Waals surface area contributed by atoms with Gasteiger partial charge in [0.2, 0.25) is 0 Å². The standard InChI is InChI=1S/C10H16N2O/c13-7-10-9(6-11-12-10)8-4-2-1-3-5-8/h6,8,13H,1-5,7H2,(H,11,12). The lowest BCUT2D eigenvalue weighted by molar-refractivity contribution is 0.273. The number of rotatable bonds is 2. The van der Waals surface area contributed by atoms with Gasteiger partial charge in [0.1, 0.15) is 0 Å². The maximum absolute atomic E-state index is 9.07. The van der Waals surface area contributed by atoms with Gasteiger partial charge >= 0.3 is 0 Å². The summed E-state index contributed by atoms with van der Waals surface area (Å²) < 4.78 is 0. The van der Waals surface area contributed by atoms with Crippen LogP contribution in [-0.4, -0.2) is 15.3 Å². The number of aliphatic hydroxyl groups excluding tert-OH is 1. The van der Waals surface area contributed by atoms with Gasteiger partial charge in [-0.25, -0.2) is 0 Å². The highest BCUT2D eigenvalue weighted by atomic mass is 16.3. The Balaban J connectivity index is 2.13. The quantitative estimate of drug-likeness (QED) is 0.730. The SMILES string of the molecule is OCc1[nH]ncc1C1CCCCC1. The Morgan fingerprint density at radius 1 is 1.38 bits per heavy atom. The molecule has 1 aromatic rings. The van der Waals surface area contributed by atoms with Crippen LogP contribution in [0.25, 0.3) is 0 Å². The van der Waals surface area contributed by atoms with Gasteiger partial charge in [-0.2, -0.15) is 5.10 Å². The Hall–Kier alpha value is -0.830. The summed E-state index contributed by atoms with van der Waals surface area (Å²) in [5.74, 6) is 0.634. The number of nitrogens with zero attached hydrogens (tertiary/aromatic N) is 1. The lowest BCUT2D eigenvalue weighted by atomic mass is 9.84. The normalized spacial score (nSPS) is 19.2. The molecular formula is C10H16N2O. The molecule has 0 bridgehead atoms. The second-order valence-electron chi connectivity index (χ2n) is 3.80. The number of nitrogens with one attached hydrogen (secondary N) is 1. The van der Waals surface area contributed by atoms with E-state index in [-0.39, 0.29) is 6.61 Å². The van der Waals surface area contributed by atoms with Gasteiger partial charge in [-0.15, -0.1) is 0 Å². The molecule has 0 saturated heterocycles. The van der Waals surface area contributed by atoms with Crippen LogP contribution in [0.2, 0.25) is 0 Å². The van der Waals surface area contributed by atoms with Crippen LogP contribution < -0.4 is 0 Å². The molecule has 2 rings (SSSR count). The lowest BCUT2D eigenvalue weighted by Gasteiger charge is -2.21. The number of hydrogen-bond donors (Lipinski definition) is 2. The molecule has 0 unspecified atom stereocenters. The van der Waals surface area contributed by atoms with Crippen molar-refractivity contribution in [3.05, 3.63) is 17.5 Å². The molecule has 1 heterocycles. The molecule has 0 radical (unpaired) electrons. The van der Waals surface area contributed by atoms with E-state index in [4.69, 9.17) is 5.11 Å². The minimum Gasteiger partial charge on any atom is -0.390 e. The summed E-state index contributed by atoms with van der Waals surface area (Å²) in [6.45, 7) is 0.0891. The van der Waals surface area contributed by atoms with Gasteiger partial charge in [-0.05, 0) is 24.3 Å². The van der Waals surface area contributed by atoms with Crippen LogP contribution in [0.1, 0.15) is 49.3 Å². The number of aliphatic hydroxyl groups is 1. The fourth-order valence-corrected chi connectivity index (χ4v) is 2.21. The summed E-state index contributed by atoms with van der Waals surface area (Å²) in [4.78, 5) is 0. The molecule has 0 aromatic carbocycles. The van der Waals surface area contributed by atoms with Crippen molar-refractivity contribution in [2.75, 3.05) is 0 Å². The van der Waals surface area contributed by atoms with E-state index in [2.05, 4.69) is 10.2 Å². The van der Waals surface area contributed by atoms with Gasteiger partial charge in [0.15, 0.2) is 0 Å². The summed E-state index contributed by atoms with van der Waals surface area (Å²) in [6.07, 6.45) is 8.39. The molecule has 0 aliphatic heterocycles. The van der Waals surface area contributed by atoms with E-state index >= 15 is 0 Å². The molecule has 0 atom stereocenters. The summed E-state index contributed by atoms with van der Waals surface area (Å²) in [6, 6.07) is 0. The maximum atomic E-state index is 9.07. The lowest BCUT2D eigenvalue weighted by Crippen LogP contribution is -2.06. The van der Waals surface area contributed by atoms with Crippen molar-refractivity contribution in [3.8, 4) is 0 Å². The predicted molar refractivity (Wildman–Crippen MR) is 50.3 cm³/mol. The molecule has 1 aliphatic rings. The van der Waals surface area contributed by atoms with Crippen LogP contribution in [0, 0.1) is 0 Å². The summed E-state index contributed by atoms with van der Waals surface area (Å²) in [5.41, 5.74) is 2.15. The van der Waals surface area contributed by atoms with Crippen molar-refractivity contribution in [2.24, 2.45) is 0 Å². The van der Waals surface area contributed by atoms with E-state index in [0.29, 0.717) is 5.92 Å². The minimum absolute atomic E-state index is 0.0891. The molecule has 3 heteroatoms. The first-order valence-electron chi connectivity index (χ1n) is 5.05. The Morgan fingerprint density at radius 2 is 2.15 bits per heavy atom. The van der Waals surface area contributed by atoms with Crippen LogP contribution in [-0.2, 0) is 6.61 Å². The zero-order chi connectivity index (χ0) is 9.10. The van der Waals surface area contributed by atoms with Crippen LogP contribution in [0.3, 0.4) is 0 Å². The van der Waals surface area contributed by atoms with Crippen molar-refractivity contribution >= 4 is 0 Å². The Bertz CT molecular complexity index is 264. The number of aromatic nitrogens is 2. The van der Waals surface area contributed by atoms with Crippen molar-refractivity contribution in [3.63, 3.8) is 0 Å². The molecule has 1 fully saturated rings. The van der Waals surface area contributed by atoms with Gasteiger partial charge in [0.05, 0.1) is 18.5 Å². The smallest absolute Gasteiger partial charge is 0.0850 e. The van der Waals surface area contributed by atoms with Gasteiger partial charge in [0.25, 0.3) is 0 Å². The van der Waals surface area contributed by atoms with Crippen LogP contribution >= 0.6 is 0 Å². The van der Waals surface area contributed by atoms with Gasteiger partial charge in [-0.1, -0.05) is 19.3 Å². The first-order chi connectivity index (χ1) is 6.42. The van der Waals surface area contributed by atoms with E-state index in [0.717, 1.165) is 5.69 Å². The molecule has 0 amide bonds. The van der Waals surface area contributed by atoms with Gasteiger partial charge < -0.3 is 5.11 Å². The summed E-state index contributed by atoms with van der Waals surface area (Å²) in [5, 5.41) is 15.9. The van der Waals surface area contributed by atoms with E-state index in [1.165, 1.54) is 37.7 Å². The third kappa shape index (κ3) is 1.75. The highest BCUT2D eigenvalue weighted by molar-refractivity contribution is 5.21. The van der Waals surface area contributed by atoms with Crippen molar-refractivity contribution < 1.29 is 5.11 Å². The largest absolute Gasteiger partial charge is 0.390 e. The average molecular weight is 180 g/mol. The van der Waals surface area contributed by atoms with E-state index in [9.17, 15) is 0 Å². The Morgan fingerprint density at radius 3 is 2.85 bits per heavy atom. The first-order valence-corrected chi connectivity index (χ1v) is 5.05. The molecule has 72 valence electrons. The highest BCUT2D eigenvalue weighted by Gasteiger charge is 2.19. The number of H-pyrrole nitrogens is 1. The molecule has 13 heavy (non-hydrogen) atoms. The van der Waals surface area contributed by atoms with E-state index < -0.39 is 0 Å². The van der Waals surface area contributed by atoms with Crippen LogP contribution in [0.15, 0.2) is 6.20 Å². The van der Waals surface area contributed by atoms with Crippen molar-refractivity contribution in [2.45, 2.75) is 44.6 Å². The van der Waals surface area contributed by atoms with Crippen molar-refractivity contribution in [1.82, 2.24) is 10.2 Å². The number of hydrogen-bond acceptors (Lipinski definition) is 2. The molecule has 1 saturated carbocycles. The summed E-state index contributed by atoms with van der Waals surface area (Å²) in [7, 11) is 0. The van der Waals surface area contributed by atoms with Crippen molar-refractivity contribution in [1.29, 1.82) is 0 Å². The first kappa shape index (κ1) is 8.75. The van der Waals surface area contributed by atoms with E-state index in [1.54, 1.807) is 0 Å². The topological polar surface area (TPSA) is 48.9 Å². The molecule has 2 N–H and O–H groups in total. The van der Waals surface area contributed by atoms with Gasteiger partial charge in [0, 0.05) is 0 Å². The Kier molecular flexibility index (Phi) is 2.64.